The normalized spacial score (nSPS) is 23.1. The minimum absolute atomic E-state index is 0.0658. The van der Waals surface area contributed by atoms with Gasteiger partial charge < -0.3 is 9.47 Å². The Hall–Kier alpha value is -0.0800. The smallest absolute Gasteiger partial charge is 0.0936 e. The minimum Gasteiger partial charge on any atom is -0.379 e. The number of ether oxygens (including phenoxy) is 2. The van der Waals surface area contributed by atoms with E-state index in [0.29, 0.717) is 0 Å². The van der Waals surface area contributed by atoms with Crippen LogP contribution >= 0.6 is 0 Å². The molecule has 2 heteroatoms. The van der Waals surface area contributed by atoms with Crippen LogP contribution in [-0.4, -0.2) is 25.9 Å². The molecule has 1 unspecified atom stereocenters. The molecule has 136 valence electrons. The fourth-order valence-electron chi connectivity index (χ4n) is 4.96. The highest BCUT2D eigenvalue weighted by atomic mass is 16.5. The average Bonchev–Trinajstić information content (AvgIpc) is 2.63. The van der Waals surface area contributed by atoms with E-state index in [4.69, 9.17) is 9.47 Å². The molecule has 0 amide bonds. The van der Waals surface area contributed by atoms with Crippen molar-refractivity contribution in [3.8, 4) is 0 Å². The van der Waals surface area contributed by atoms with Crippen molar-refractivity contribution in [2.75, 3.05) is 14.2 Å². The molecule has 23 heavy (non-hydrogen) atoms. The Balaban J connectivity index is 1.89. The fourth-order valence-corrected chi connectivity index (χ4v) is 4.96. The average molecular weight is 325 g/mol. The van der Waals surface area contributed by atoms with E-state index >= 15 is 0 Å². The Kier molecular flexibility index (Phi) is 8.40. The monoisotopic (exact) mass is 324 g/mol. The zero-order valence-corrected chi connectivity index (χ0v) is 15.9. The maximum atomic E-state index is 6.15. The molecule has 0 aliphatic heterocycles. The molecule has 2 saturated carbocycles. The topological polar surface area (TPSA) is 18.5 Å². The molecule has 2 aliphatic rings. The Morgan fingerprint density at radius 2 is 1.22 bits per heavy atom. The molecule has 2 fully saturated rings. The first-order valence-electron chi connectivity index (χ1n) is 10.3. The van der Waals surface area contributed by atoms with E-state index in [9.17, 15) is 0 Å². The number of hydrogen-bond acceptors (Lipinski definition) is 2. The fraction of sp³-hybridized carbons (Fsp3) is 1.00. The molecule has 0 aromatic carbocycles. The van der Waals surface area contributed by atoms with E-state index in [1.54, 1.807) is 0 Å². The minimum atomic E-state index is -0.0658. The summed E-state index contributed by atoms with van der Waals surface area (Å²) in [5.41, 5.74) is -0.0658. The van der Waals surface area contributed by atoms with Crippen molar-refractivity contribution in [2.45, 2.75) is 109 Å². The van der Waals surface area contributed by atoms with Crippen LogP contribution in [0.3, 0.4) is 0 Å². The van der Waals surface area contributed by atoms with E-state index < -0.39 is 0 Å². The Labute approximate surface area is 144 Å². The molecule has 0 aromatic heterocycles. The van der Waals surface area contributed by atoms with Crippen LogP contribution in [0.2, 0.25) is 0 Å². The third-order valence-electron chi connectivity index (χ3n) is 6.90. The molecule has 1 atom stereocenters. The van der Waals surface area contributed by atoms with Crippen molar-refractivity contribution in [3.05, 3.63) is 0 Å². The lowest BCUT2D eigenvalue weighted by Crippen LogP contribution is -2.44. The largest absolute Gasteiger partial charge is 0.379 e. The van der Waals surface area contributed by atoms with Gasteiger partial charge in [-0.1, -0.05) is 64.2 Å². The van der Waals surface area contributed by atoms with E-state index in [1.807, 2.05) is 14.2 Å². The molecular formula is C21H40O2. The quantitative estimate of drug-likeness (QED) is 0.508. The second kappa shape index (κ2) is 10.0. The van der Waals surface area contributed by atoms with Crippen LogP contribution in [0, 0.1) is 11.8 Å². The van der Waals surface area contributed by atoms with Crippen molar-refractivity contribution in [1.82, 2.24) is 0 Å². The lowest BCUT2D eigenvalue weighted by atomic mass is 9.77. The van der Waals surface area contributed by atoms with E-state index in [1.165, 1.54) is 89.9 Å². The van der Waals surface area contributed by atoms with E-state index in [-0.39, 0.29) is 11.7 Å². The molecule has 0 saturated heterocycles. The van der Waals surface area contributed by atoms with Crippen LogP contribution in [0.25, 0.3) is 0 Å². The highest BCUT2D eigenvalue weighted by Crippen LogP contribution is 2.37. The summed E-state index contributed by atoms with van der Waals surface area (Å²) in [5, 5.41) is 0. The standard InChI is InChI=1S/C21H40O2/c1-18(22-2)21(23-3,16-14-19-10-6-4-7-11-19)17-15-20-12-8-5-9-13-20/h18-20H,4-17H2,1-3H3. The summed E-state index contributed by atoms with van der Waals surface area (Å²) in [7, 11) is 3.76. The lowest BCUT2D eigenvalue weighted by Gasteiger charge is -2.40. The Bertz CT molecular complexity index is 281. The first-order chi connectivity index (χ1) is 11.2. The van der Waals surface area contributed by atoms with E-state index in [0.717, 1.165) is 11.8 Å². The molecule has 0 bridgehead atoms. The van der Waals surface area contributed by atoms with Gasteiger partial charge in [-0.25, -0.2) is 0 Å². The molecule has 0 N–H and O–H groups in total. The molecule has 0 aromatic rings. The van der Waals surface area contributed by atoms with Crippen molar-refractivity contribution >= 4 is 0 Å². The van der Waals surface area contributed by atoms with Gasteiger partial charge in [0.1, 0.15) is 0 Å². The van der Waals surface area contributed by atoms with Crippen LogP contribution in [-0.2, 0) is 9.47 Å². The first kappa shape index (κ1) is 19.2. The molecule has 0 radical (unpaired) electrons. The number of hydrogen-bond donors (Lipinski definition) is 0. The third kappa shape index (κ3) is 5.74. The summed E-state index contributed by atoms with van der Waals surface area (Å²) >= 11 is 0. The van der Waals surface area contributed by atoms with Crippen molar-refractivity contribution in [1.29, 1.82) is 0 Å². The van der Waals surface area contributed by atoms with Gasteiger partial charge in [0.05, 0.1) is 11.7 Å². The second-order valence-electron chi connectivity index (χ2n) is 8.23. The van der Waals surface area contributed by atoms with Crippen molar-refractivity contribution in [3.63, 3.8) is 0 Å². The summed E-state index contributed by atoms with van der Waals surface area (Å²) in [6.07, 6.45) is 19.6. The summed E-state index contributed by atoms with van der Waals surface area (Å²) in [6, 6.07) is 0. The third-order valence-corrected chi connectivity index (χ3v) is 6.90. The zero-order valence-electron chi connectivity index (χ0n) is 15.9. The van der Waals surface area contributed by atoms with Crippen LogP contribution < -0.4 is 0 Å². The van der Waals surface area contributed by atoms with Gasteiger partial charge in [-0.2, -0.15) is 0 Å². The summed E-state index contributed by atoms with van der Waals surface area (Å²) in [6.45, 7) is 2.21. The molecule has 2 nitrogen and oxygen atoms in total. The summed E-state index contributed by atoms with van der Waals surface area (Å²) in [4.78, 5) is 0. The van der Waals surface area contributed by atoms with Crippen molar-refractivity contribution in [2.24, 2.45) is 11.8 Å². The van der Waals surface area contributed by atoms with Crippen LogP contribution in [0.15, 0.2) is 0 Å². The molecular weight excluding hydrogens is 284 g/mol. The van der Waals surface area contributed by atoms with Gasteiger partial charge in [0.25, 0.3) is 0 Å². The van der Waals surface area contributed by atoms with Gasteiger partial charge in [0.2, 0.25) is 0 Å². The Morgan fingerprint density at radius 3 is 1.57 bits per heavy atom. The van der Waals surface area contributed by atoms with E-state index in [2.05, 4.69) is 6.92 Å². The lowest BCUT2D eigenvalue weighted by molar-refractivity contribution is -0.124. The SMILES string of the molecule is COC(C)C(CCC1CCCCC1)(CCC1CCCCC1)OC. The van der Waals surface area contributed by atoms with Crippen molar-refractivity contribution < 1.29 is 9.47 Å². The van der Waals surface area contributed by atoms with Crippen LogP contribution in [0.4, 0.5) is 0 Å². The number of rotatable bonds is 9. The van der Waals surface area contributed by atoms with Gasteiger partial charge in [-0.15, -0.1) is 0 Å². The maximum Gasteiger partial charge on any atom is 0.0936 e. The van der Waals surface area contributed by atoms with Gasteiger partial charge in [-0.05, 0) is 44.4 Å². The van der Waals surface area contributed by atoms with Gasteiger partial charge in [0, 0.05) is 14.2 Å². The van der Waals surface area contributed by atoms with Gasteiger partial charge >= 0.3 is 0 Å². The molecule has 0 spiro atoms. The van der Waals surface area contributed by atoms with Crippen LogP contribution in [0.5, 0.6) is 0 Å². The Morgan fingerprint density at radius 1 is 0.783 bits per heavy atom. The highest BCUT2D eigenvalue weighted by Gasteiger charge is 2.37. The van der Waals surface area contributed by atoms with Gasteiger partial charge in [0.15, 0.2) is 0 Å². The first-order valence-corrected chi connectivity index (χ1v) is 10.3. The second-order valence-corrected chi connectivity index (χ2v) is 8.23. The van der Waals surface area contributed by atoms with Crippen LogP contribution in [0.1, 0.15) is 96.8 Å². The molecule has 2 aliphatic carbocycles. The molecule has 2 rings (SSSR count). The predicted molar refractivity (Wildman–Crippen MR) is 97.8 cm³/mol. The predicted octanol–water partition coefficient (Wildman–Crippen LogP) is 6.13. The zero-order chi connectivity index (χ0) is 16.5. The molecule has 0 heterocycles. The maximum absolute atomic E-state index is 6.15. The van der Waals surface area contributed by atoms with Gasteiger partial charge in [-0.3, -0.25) is 0 Å². The summed E-state index contributed by atoms with van der Waals surface area (Å²) in [5.74, 6) is 1.86. The summed E-state index contributed by atoms with van der Waals surface area (Å²) < 4.78 is 11.9. The number of methoxy groups -OCH3 is 2. The highest BCUT2D eigenvalue weighted by molar-refractivity contribution is 4.89.